The Bertz CT molecular complexity index is 728. The van der Waals surface area contributed by atoms with E-state index in [-0.39, 0.29) is 12.5 Å². The van der Waals surface area contributed by atoms with Crippen molar-refractivity contribution < 1.29 is 19.1 Å². The minimum atomic E-state index is -0.963. The lowest BCUT2D eigenvalue weighted by Gasteiger charge is -2.16. The van der Waals surface area contributed by atoms with E-state index in [1.807, 2.05) is 26.8 Å². The lowest BCUT2D eigenvalue weighted by molar-refractivity contribution is -0.134. The van der Waals surface area contributed by atoms with E-state index < -0.39 is 17.5 Å². The van der Waals surface area contributed by atoms with Crippen LogP contribution in [0, 0.1) is 20.8 Å². The topological polar surface area (TPSA) is 87.7 Å². The van der Waals surface area contributed by atoms with Crippen LogP contribution in [0.5, 0.6) is 5.75 Å². The van der Waals surface area contributed by atoms with Gasteiger partial charge in [-0.1, -0.05) is 6.07 Å². The number of imide groups is 1. The molecule has 26 heavy (non-hydrogen) atoms. The molecule has 0 bridgehead atoms. The molecule has 2 N–H and O–H groups in total. The zero-order chi connectivity index (χ0) is 19.5. The normalized spacial score (nSPS) is 15.8. The second kappa shape index (κ2) is 7.76. The lowest BCUT2D eigenvalue weighted by Crippen LogP contribution is -2.43. The number of hydrogen-bond acceptors (Lipinski definition) is 4. The quantitative estimate of drug-likeness (QED) is 0.573. The number of nitrogens with zero attached hydrogens (tertiary/aromatic N) is 1. The van der Waals surface area contributed by atoms with Crippen LogP contribution in [0.25, 0.3) is 0 Å². The molecule has 0 saturated carbocycles. The van der Waals surface area contributed by atoms with Gasteiger partial charge in [-0.3, -0.25) is 14.5 Å². The smallest absolute Gasteiger partial charge is 0.325 e. The van der Waals surface area contributed by atoms with Crippen LogP contribution in [0.15, 0.2) is 12.1 Å². The van der Waals surface area contributed by atoms with Crippen LogP contribution in [0.2, 0.25) is 0 Å². The standard InChI is InChI=1S/C19H27N3O4/c1-12-9-13(2)14(3)15(10-12)26-8-6-7-20-16(23)11-22-17(24)19(4,5)21-18(22)25/h9-10H,6-8,11H2,1-5H3,(H,20,23)(H,21,25). The minimum absolute atomic E-state index is 0.273. The highest BCUT2D eigenvalue weighted by atomic mass is 16.5. The molecule has 7 heteroatoms. The number of nitrogens with one attached hydrogen (secondary N) is 2. The third-order valence-corrected chi connectivity index (χ3v) is 4.41. The van der Waals surface area contributed by atoms with Crippen molar-refractivity contribution in [2.75, 3.05) is 19.7 Å². The maximum atomic E-state index is 12.0. The average molecular weight is 361 g/mol. The molecule has 0 unspecified atom stereocenters. The maximum absolute atomic E-state index is 12.0. The third-order valence-electron chi connectivity index (χ3n) is 4.41. The number of ether oxygens (including phenoxy) is 1. The van der Waals surface area contributed by atoms with Gasteiger partial charge in [0.15, 0.2) is 0 Å². The van der Waals surface area contributed by atoms with Gasteiger partial charge in [0.05, 0.1) is 6.61 Å². The van der Waals surface area contributed by atoms with Crippen molar-refractivity contribution in [1.29, 1.82) is 0 Å². The number of urea groups is 1. The van der Waals surface area contributed by atoms with E-state index in [4.69, 9.17) is 4.74 Å². The first kappa shape index (κ1) is 19.8. The summed E-state index contributed by atoms with van der Waals surface area (Å²) in [6, 6.07) is 3.57. The van der Waals surface area contributed by atoms with E-state index >= 15 is 0 Å². The Hall–Kier alpha value is -2.57. The number of carbonyl (C=O) groups is 3. The molecule has 1 heterocycles. The average Bonchev–Trinajstić information content (AvgIpc) is 2.73. The van der Waals surface area contributed by atoms with E-state index in [1.54, 1.807) is 13.8 Å². The van der Waals surface area contributed by atoms with E-state index in [1.165, 1.54) is 5.56 Å². The Balaban J connectivity index is 1.73. The van der Waals surface area contributed by atoms with Crippen molar-refractivity contribution in [3.05, 3.63) is 28.8 Å². The SMILES string of the molecule is Cc1cc(C)c(C)c(OCCCNC(=O)CN2C(=O)NC(C)(C)C2=O)c1. The molecule has 1 aromatic carbocycles. The van der Waals surface area contributed by atoms with Gasteiger partial charge in [0, 0.05) is 6.54 Å². The predicted molar refractivity (Wildman–Crippen MR) is 98.1 cm³/mol. The summed E-state index contributed by atoms with van der Waals surface area (Å²) in [5.41, 5.74) is 2.48. The fourth-order valence-corrected chi connectivity index (χ4v) is 2.79. The van der Waals surface area contributed by atoms with Gasteiger partial charge in [-0.25, -0.2) is 4.79 Å². The van der Waals surface area contributed by atoms with Crippen LogP contribution >= 0.6 is 0 Å². The first-order valence-electron chi connectivity index (χ1n) is 8.73. The summed E-state index contributed by atoms with van der Waals surface area (Å²) in [5, 5.41) is 5.25. The van der Waals surface area contributed by atoms with Crippen molar-refractivity contribution in [1.82, 2.24) is 15.5 Å². The number of rotatable bonds is 7. The highest BCUT2D eigenvalue weighted by Crippen LogP contribution is 2.23. The molecule has 1 saturated heterocycles. The van der Waals surface area contributed by atoms with E-state index in [0.29, 0.717) is 19.6 Å². The van der Waals surface area contributed by atoms with Crippen LogP contribution in [0.1, 0.15) is 37.0 Å². The van der Waals surface area contributed by atoms with Crippen molar-refractivity contribution in [3.63, 3.8) is 0 Å². The molecule has 142 valence electrons. The minimum Gasteiger partial charge on any atom is -0.493 e. The van der Waals surface area contributed by atoms with Crippen molar-refractivity contribution in [2.45, 2.75) is 46.6 Å². The molecule has 4 amide bonds. The Morgan fingerprint density at radius 2 is 1.92 bits per heavy atom. The van der Waals surface area contributed by atoms with E-state index in [9.17, 15) is 14.4 Å². The first-order chi connectivity index (χ1) is 12.1. The molecular formula is C19H27N3O4. The molecule has 1 aliphatic heterocycles. The van der Waals surface area contributed by atoms with Crippen LogP contribution < -0.4 is 15.4 Å². The Labute approximate surface area is 154 Å². The monoisotopic (exact) mass is 361 g/mol. The number of carbonyl (C=O) groups excluding carboxylic acids is 3. The van der Waals surface area contributed by atoms with Crippen molar-refractivity contribution in [3.8, 4) is 5.75 Å². The molecule has 0 aromatic heterocycles. The van der Waals surface area contributed by atoms with Crippen LogP contribution in [0.4, 0.5) is 4.79 Å². The number of aryl methyl sites for hydroxylation is 2. The van der Waals surface area contributed by atoms with Crippen molar-refractivity contribution >= 4 is 17.8 Å². The fraction of sp³-hybridized carbons (Fsp3) is 0.526. The molecule has 2 rings (SSSR count). The van der Waals surface area contributed by atoms with Gasteiger partial charge in [-0.2, -0.15) is 0 Å². The zero-order valence-corrected chi connectivity index (χ0v) is 16.1. The number of amides is 4. The number of hydrogen-bond donors (Lipinski definition) is 2. The second-order valence-corrected chi connectivity index (χ2v) is 7.20. The summed E-state index contributed by atoms with van der Waals surface area (Å²) in [6.07, 6.45) is 0.629. The van der Waals surface area contributed by atoms with Gasteiger partial charge in [0.25, 0.3) is 5.91 Å². The fourth-order valence-electron chi connectivity index (χ4n) is 2.79. The molecule has 1 aromatic rings. The summed E-state index contributed by atoms with van der Waals surface area (Å²) >= 11 is 0. The number of benzene rings is 1. The molecule has 0 atom stereocenters. The Morgan fingerprint density at radius 3 is 2.54 bits per heavy atom. The van der Waals surface area contributed by atoms with Crippen molar-refractivity contribution in [2.24, 2.45) is 0 Å². The van der Waals surface area contributed by atoms with Crippen LogP contribution in [-0.4, -0.2) is 48.0 Å². The van der Waals surface area contributed by atoms with Gasteiger partial charge >= 0.3 is 6.03 Å². The second-order valence-electron chi connectivity index (χ2n) is 7.20. The maximum Gasteiger partial charge on any atom is 0.325 e. The van der Waals surface area contributed by atoms with Gasteiger partial charge in [-0.05, 0) is 63.8 Å². The largest absolute Gasteiger partial charge is 0.493 e. The van der Waals surface area contributed by atoms with E-state index in [2.05, 4.69) is 16.7 Å². The molecule has 1 fully saturated rings. The van der Waals surface area contributed by atoms with Crippen LogP contribution in [0.3, 0.4) is 0 Å². The summed E-state index contributed by atoms with van der Waals surface area (Å²) in [5.74, 6) is 0.0930. The molecule has 7 nitrogen and oxygen atoms in total. The highest BCUT2D eigenvalue weighted by Gasteiger charge is 2.44. The van der Waals surface area contributed by atoms with Gasteiger partial charge in [0.1, 0.15) is 17.8 Å². The molecule has 0 aliphatic carbocycles. The van der Waals surface area contributed by atoms with Gasteiger partial charge in [0.2, 0.25) is 5.91 Å². The molecule has 0 radical (unpaired) electrons. The summed E-state index contributed by atoms with van der Waals surface area (Å²) in [6.45, 7) is 9.92. The molecular weight excluding hydrogens is 334 g/mol. The van der Waals surface area contributed by atoms with Gasteiger partial charge < -0.3 is 15.4 Å². The Kier molecular flexibility index (Phi) is 5.90. The summed E-state index contributed by atoms with van der Waals surface area (Å²) in [4.78, 5) is 36.7. The molecule has 1 aliphatic rings. The van der Waals surface area contributed by atoms with E-state index in [0.717, 1.165) is 21.8 Å². The first-order valence-corrected chi connectivity index (χ1v) is 8.73. The summed E-state index contributed by atoms with van der Waals surface area (Å²) in [7, 11) is 0. The Morgan fingerprint density at radius 1 is 1.23 bits per heavy atom. The molecule has 0 spiro atoms. The van der Waals surface area contributed by atoms with Crippen LogP contribution in [-0.2, 0) is 9.59 Å². The lowest BCUT2D eigenvalue weighted by atomic mass is 10.1. The zero-order valence-electron chi connectivity index (χ0n) is 16.1. The van der Waals surface area contributed by atoms with Gasteiger partial charge in [-0.15, -0.1) is 0 Å². The third kappa shape index (κ3) is 4.53. The summed E-state index contributed by atoms with van der Waals surface area (Å²) < 4.78 is 5.80. The predicted octanol–water partition coefficient (Wildman–Crippen LogP) is 1.83. The highest BCUT2D eigenvalue weighted by molar-refractivity contribution is 6.08.